The minimum absolute atomic E-state index is 0.239. The molecule has 1 saturated heterocycles. The third-order valence-corrected chi connectivity index (χ3v) is 5.34. The fraction of sp³-hybridized carbons (Fsp3) is 0.381. The Balaban J connectivity index is 1.44. The van der Waals surface area contributed by atoms with Gasteiger partial charge in [-0.05, 0) is 57.0 Å². The van der Waals surface area contributed by atoms with Crippen molar-refractivity contribution >= 4 is 5.95 Å². The molecule has 1 aliphatic rings. The van der Waals surface area contributed by atoms with Crippen LogP contribution in [0.3, 0.4) is 0 Å². The lowest BCUT2D eigenvalue weighted by Gasteiger charge is -2.33. The molecule has 28 heavy (non-hydrogen) atoms. The van der Waals surface area contributed by atoms with Gasteiger partial charge in [-0.2, -0.15) is 5.10 Å². The van der Waals surface area contributed by atoms with E-state index in [1.165, 1.54) is 17.7 Å². The molecule has 0 amide bonds. The molecule has 146 valence electrons. The van der Waals surface area contributed by atoms with Crippen molar-refractivity contribution in [1.29, 1.82) is 0 Å². The van der Waals surface area contributed by atoms with Gasteiger partial charge in [0.15, 0.2) is 0 Å². The van der Waals surface area contributed by atoms with E-state index < -0.39 is 0 Å². The lowest BCUT2D eigenvalue weighted by atomic mass is 10.1. The summed E-state index contributed by atoms with van der Waals surface area (Å²) in [6.07, 6.45) is 5.82. The monoisotopic (exact) mass is 380 g/mol. The van der Waals surface area contributed by atoms with Gasteiger partial charge >= 0.3 is 0 Å². The van der Waals surface area contributed by atoms with Crippen LogP contribution in [-0.4, -0.2) is 38.9 Å². The summed E-state index contributed by atoms with van der Waals surface area (Å²) in [5.74, 6) is 0.557. The summed E-state index contributed by atoms with van der Waals surface area (Å²) in [6.45, 7) is 6.73. The third kappa shape index (κ3) is 3.89. The highest BCUT2D eigenvalue weighted by molar-refractivity contribution is 5.37. The second-order valence-corrected chi connectivity index (χ2v) is 7.25. The van der Waals surface area contributed by atoms with Crippen molar-refractivity contribution in [1.82, 2.24) is 25.1 Å². The van der Waals surface area contributed by atoms with E-state index in [0.717, 1.165) is 55.5 Å². The molecule has 1 atom stereocenters. The van der Waals surface area contributed by atoms with E-state index in [0.29, 0.717) is 6.04 Å². The second-order valence-electron chi connectivity index (χ2n) is 7.25. The maximum absolute atomic E-state index is 13.2. The normalized spacial score (nSPS) is 17.1. The number of nitrogens with zero attached hydrogens (tertiary/aromatic N) is 5. The molecule has 4 rings (SSSR count). The molecule has 7 heteroatoms. The Kier molecular flexibility index (Phi) is 5.34. The van der Waals surface area contributed by atoms with E-state index in [1.54, 1.807) is 24.5 Å². The largest absolute Gasteiger partial charge is 0.339 e. The van der Waals surface area contributed by atoms with Crippen LogP contribution < -0.4 is 10.2 Å². The molecule has 2 aromatic heterocycles. The quantitative estimate of drug-likeness (QED) is 0.737. The molecular formula is C21H25FN6. The van der Waals surface area contributed by atoms with Crippen LogP contribution in [-0.2, 0) is 6.54 Å². The zero-order valence-electron chi connectivity index (χ0n) is 16.3. The number of anilines is 1. The Hall–Kier alpha value is -2.80. The summed E-state index contributed by atoms with van der Waals surface area (Å²) in [5, 5.41) is 8.34. The minimum Gasteiger partial charge on any atom is -0.339 e. The molecule has 0 spiro atoms. The second kappa shape index (κ2) is 8.06. The Bertz CT molecular complexity index is 922. The lowest BCUT2D eigenvalue weighted by molar-refractivity contribution is 0.417. The summed E-state index contributed by atoms with van der Waals surface area (Å²) < 4.78 is 15.1. The van der Waals surface area contributed by atoms with Crippen molar-refractivity contribution in [2.45, 2.75) is 39.3 Å². The molecule has 3 aromatic rings. The first kappa shape index (κ1) is 18.6. The molecule has 1 aromatic carbocycles. The van der Waals surface area contributed by atoms with Crippen LogP contribution in [0, 0.1) is 19.7 Å². The van der Waals surface area contributed by atoms with Gasteiger partial charge in [-0.1, -0.05) is 0 Å². The number of aromatic nitrogens is 4. The van der Waals surface area contributed by atoms with Gasteiger partial charge in [0.1, 0.15) is 5.82 Å². The van der Waals surface area contributed by atoms with Gasteiger partial charge in [0.05, 0.1) is 11.4 Å². The number of benzene rings is 1. The van der Waals surface area contributed by atoms with Crippen molar-refractivity contribution in [3.05, 3.63) is 65.5 Å². The molecule has 6 nitrogen and oxygen atoms in total. The van der Waals surface area contributed by atoms with Crippen molar-refractivity contribution in [2.75, 3.05) is 18.0 Å². The Morgan fingerprint density at radius 3 is 2.64 bits per heavy atom. The van der Waals surface area contributed by atoms with Gasteiger partial charge in [-0.3, -0.25) is 0 Å². The van der Waals surface area contributed by atoms with E-state index in [4.69, 9.17) is 0 Å². The van der Waals surface area contributed by atoms with Crippen molar-refractivity contribution in [3.8, 4) is 5.69 Å². The molecule has 1 aliphatic heterocycles. The van der Waals surface area contributed by atoms with E-state index in [2.05, 4.69) is 32.2 Å². The number of piperidine rings is 1. The zero-order valence-corrected chi connectivity index (χ0v) is 16.3. The topological polar surface area (TPSA) is 58.9 Å². The fourth-order valence-electron chi connectivity index (χ4n) is 3.79. The summed E-state index contributed by atoms with van der Waals surface area (Å²) in [4.78, 5) is 11.0. The van der Waals surface area contributed by atoms with Crippen LogP contribution in [0.5, 0.6) is 0 Å². The SMILES string of the molecule is Cc1nn(-c2ccc(F)cc2)c(C)c1CN[C@@H]1CCCN(c2ncccn2)C1. The average molecular weight is 380 g/mol. The van der Waals surface area contributed by atoms with Gasteiger partial charge in [-0.25, -0.2) is 19.0 Å². The van der Waals surface area contributed by atoms with E-state index in [1.807, 2.05) is 17.7 Å². The van der Waals surface area contributed by atoms with Crippen LogP contribution in [0.1, 0.15) is 29.8 Å². The zero-order chi connectivity index (χ0) is 19.5. The van der Waals surface area contributed by atoms with E-state index in [9.17, 15) is 4.39 Å². The smallest absolute Gasteiger partial charge is 0.225 e. The summed E-state index contributed by atoms with van der Waals surface area (Å²) in [7, 11) is 0. The number of aryl methyl sites for hydroxylation is 1. The number of hydrogen-bond donors (Lipinski definition) is 1. The minimum atomic E-state index is -0.239. The number of hydrogen-bond acceptors (Lipinski definition) is 5. The molecule has 1 N–H and O–H groups in total. The summed E-state index contributed by atoms with van der Waals surface area (Å²) in [6, 6.07) is 8.66. The highest BCUT2D eigenvalue weighted by atomic mass is 19.1. The predicted octanol–water partition coefficient (Wildman–Crippen LogP) is 3.18. The Morgan fingerprint density at radius 1 is 1.14 bits per heavy atom. The van der Waals surface area contributed by atoms with Gasteiger partial charge in [-0.15, -0.1) is 0 Å². The first-order valence-electron chi connectivity index (χ1n) is 9.68. The first-order chi connectivity index (χ1) is 13.6. The molecule has 1 fully saturated rings. The first-order valence-corrected chi connectivity index (χ1v) is 9.68. The third-order valence-electron chi connectivity index (χ3n) is 5.34. The van der Waals surface area contributed by atoms with Gasteiger partial charge in [0, 0.05) is 49.3 Å². The fourth-order valence-corrected chi connectivity index (χ4v) is 3.79. The van der Waals surface area contributed by atoms with Gasteiger partial charge < -0.3 is 10.2 Å². The highest BCUT2D eigenvalue weighted by Gasteiger charge is 2.22. The molecule has 0 aliphatic carbocycles. The maximum atomic E-state index is 13.2. The number of nitrogens with one attached hydrogen (secondary N) is 1. The number of rotatable bonds is 5. The van der Waals surface area contributed by atoms with Crippen molar-refractivity contribution < 1.29 is 4.39 Å². The summed E-state index contributed by atoms with van der Waals surface area (Å²) >= 11 is 0. The van der Waals surface area contributed by atoms with Crippen molar-refractivity contribution in [2.24, 2.45) is 0 Å². The Morgan fingerprint density at radius 2 is 1.89 bits per heavy atom. The maximum Gasteiger partial charge on any atom is 0.225 e. The van der Waals surface area contributed by atoms with Crippen LogP contribution in [0.25, 0.3) is 5.69 Å². The van der Waals surface area contributed by atoms with Crippen LogP contribution in [0.2, 0.25) is 0 Å². The number of halogens is 1. The lowest BCUT2D eigenvalue weighted by Crippen LogP contribution is -2.46. The van der Waals surface area contributed by atoms with E-state index >= 15 is 0 Å². The highest BCUT2D eigenvalue weighted by Crippen LogP contribution is 2.20. The average Bonchev–Trinajstić information content (AvgIpc) is 3.01. The molecule has 0 radical (unpaired) electrons. The molecule has 3 heterocycles. The van der Waals surface area contributed by atoms with Gasteiger partial charge in [0.2, 0.25) is 5.95 Å². The van der Waals surface area contributed by atoms with Crippen LogP contribution in [0.4, 0.5) is 10.3 Å². The van der Waals surface area contributed by atoms with E-state index in [-0.39, 0.29) is 5.82 Å². The van der Waals surface area contributed by atoms with Crippen molar-refractivity contribution in [3.63, 3.8) is 0 Å². The molecule has 0 saturated carbocycles. The Labute approximate surface area is 164 Å². The predicted molar refractivity (Wildman–Crippen MR) is 107 cm³/mol. The molecule has 0 bridgehead atoms. The molecule has 0 unspecified atom stereocenters. The molecular weight excluding hydrogens is 355 g/mol. The summed E-state index contributed by atoms with van der Waals surface area (Å²) in [5.41, 5.74) is 4.14. The van der Waals surface area contributed by atoms with Gasteiger partial charge in [0.25, 0.3) is 0 Å². The standard InChI is InChI=1S/C21H25FN6/c1-15-20(16(2)28(26-15)19-8-6-17(22)7-9-19)13-25-18-5-3-12-27(14-18)21-23-10-4-11-24-21/h4,6-11,18,25H,3,5,12-14H2,1-2H3/t18-/m1/s1. The van der Waals surface area contributed by atoms with Crippen LogP contribution >= 0.6 is 0 Å². The van der Waals surface area contributed by atoms with Crippen LogP contribution in [0.15, 0.2) is 42.7 Å².